The Morgan fingerprint density at radius 2 is 1.79 bits per heavy atom. The van der Waals surface area contributed by atoms with Crippen LogP contribution in [0.15, 0.2) is 54.6 Å². The van der Waals surface area contributed by atoms with Gasteiger partial charge in [0.15, 0.2) is 0 Å². The fourth-order valence-electron chi connectivity index (χ4n) is 2.93. The largest absolute Gasteiger partial charge is 0.480 e. The fraction of sp³-hybridized carbons (Fsp3) is 0.263. The second kappa shape index (κ2) is 7.05. The Hall–Kier alpha value is -2.33. The molecule has 0 radical (unpaired) electrons. The number of halogens is 1. The second-order valence-corrected chi connectivity index (χ2v) is 6.47. The summed E-state index contributed by atoms with van der Waals surface area (Å²) in [7, 11) is 0. The van der Waals surface area contributed by atoms with E-state index in [-0.39, 0.29) is 24.2 Å². The van der Waals surface area contributed by atoms with Crippen molar-refractivity contribution < 1.29 is 14.7 Å². The Bertz CT molecular complexity index is 747. The monoisotopic (exact) mass is 343 g/mol. The first kappa shape index (κ1) is 16.5. The number of carboxylic acid groups (broad SMARTS) is 1. The standard InChI is InChI=1S/C19H18ClNO3/c20-16-9-5-4-8-13(16)14-11-15(14)18(22)21-17(19(23)24)10-12-6-2-1-3-7-12/h1-9,14-15,17H,10-11H2,(H,21,22)(H,23,24)/t14?,15?,17-/m0/s1. The van der Waals surface area contributed by atoms with Gasteiger partial charge in [0.05, 0.1) is 0 Å². The quantitative estimate of drug-likeness (QED) is 0.846. The molecule has 2 aromatic carbocycles. The Morgan fingerprint density at radius 1 is 1.12 bits per heavy atom. The van der Waals surface area contributed by atoms with E-state index in [4.69, 9.17) is 11.6 Å². The van der Waals surface area contributed by atoms with Gasteiger partial charge in [0.1, 0.15) is 6.04 Å². The number of nitrogens with one attached hydrogen (secondary N) is 1. The summed E-state index contributed by atoms with van der Waals surface area (Å²) < 4.78 is 0. The highest BCUT2D eigenvalue weighted by atomic mass is 35.5. The maximum atomic E-state index is 12.4. The number of aliphatic carboxylic acids is 1. The molecule has 1 saturated carbocycles. The van der Waals surface area contributed by atoms with Crippen LogP contribution in [0, 0.1) is 5.92 Å². The smallest absolute Gasteiger partial charge is 0.326 e. The number of carbonyl (C=O) groups is 2. The minimum atomic E-state index is -1.03. The zero-order chi connectivity index (χ0) is 17.1. The predicted molar refractivity (Wildman–Crippen MR) is 92.0 cm³/mol. The molecule has 0 aromatic heterocycles. The van der Waals surface area contributed by atoms with Crippen molar-refractivity contribution in [2.24, 2.45) is 5.92 Å². The molecular weight excluding hydrogens is 326 g/mol. The summed E-state index contributed by atoms with van der Waals surface area (Å²) in [6.45, 7) is 0. The lowest BCUT2D eigenvalue weighted by atomic mass is 10.1. The molecule has 0 bridgehead atoms. The Labute approximate surface area is 145 Å². The molecular formula is C19H18ClNO3. The van der Waals surface area contributed by atoms with Crippen molar-refractivity contribution in [2.75, 3.05) is 0 Å². The van der Waals surface area contributed by atoms with Crippen molar-refractivity contribution in [1.82, 2.24) is 5.32 Å². The number of carboxylic acids is 1. The molecule has 1 aliphatic rings. The lowest BCUT2D eigenvalue weighted by molar-refractivity contribution is -0.142. The zero-order valence-electron chi connectivity index (χ0n) is 13.0. The van der Waals surface area contributed by atoms with Crippen LogP contribution >= 0.6 is 11.6 Å². The van der Waals surface area contributed by atoms with Crippen molar-refractivity contribution >= 4 is 23.5 Å². The topological polar surface area (TPSA) is 66.4 Å². The SMILES string of the molecule is O=C(N[C@@H](Cc1ccccc1)C(=O)O)C1CC1c1ccccc1Cl. The zero-order valence-corrected chi connectivity index (χ0v) is 13.7. The first-order valence-corrected chi connectivity index (χ1v) is 8.25. The highest BCUT2D eigenvalue weighted by molar-refractivity contribution is 6.31. The summed E-state index contributed by atoms with van der Waals surface area (Å²) in [5.41, 5.74) is 1.83. The molecule has 2 unspecified atom stereocenters. The maximum Gasteiger partial charge on any atom is 0.326 e. The number of hydrogen-bond acceptors (Lipinski definition) is 2. The van der Waals surface area contributed by atoms with Gasteiger partial charge in [0.2, 0.25) is 5.91 Å². The minimum Gasteiger partial charge on any atom is -0.480 e. The average Bonchev–Trinajstić information content (AvgIpc) is 3.36. The molecule has 0 spiro atoms. The van der Waals surface area contributed by atoms with Crippen molar-refractivity contribution in [2.45, 2.75) is 24.8 Å². The van der Waals surface area contributed by atoms with E-state index in [0.29, 0.717) is 11.4 Å². The summed E-state index contributed by atoms with van der Waals surface area (Å²) in [5, 5.41) is 12.7. The van der Waals surface area contributed by atoms with Crippen LogP contribution in [0.2, 0.25) is 5.02 Å². The van der Waals surface area contributed by atoms with Gasteiger partial charge in [-0.2, -0.15) is 0 Å². The summed E-state index contributed by atoms with van der Waals surface area (Å²) >= 11 is 6.17. The van der Waals surface area contributed by atoms with Gasteiger partial charge in [0.25, 0.3) is 0 Å². The van der Waals surface area contributed by atoms with Gasteiger partial charge in [-0.3, -0.25) is 4.79 Å². The summed E-state index contributed by atoms with van der Waals surface area (Å²) in [4.78, 5) is 23.8. The van der Waals surface area contributed by atoms with Gasteiger partial charge in [-0.05, 0) is 29.5 Å². The van der Waals surface area contributed by atoms with E-state index in [1.807, 2.05) is 48.5 Å². The minimum absolute atomic E-state index is 0.0740. The predicted octanol–water partition coefficient (Wildman–Crippen LogP) is 3.26. The third-order valence-corrected chi connectivity index (χ3v) is 4.67. The molecule has 124 valence electrons. The first-order chi connectivity index (χ1) is 11.6. The molecule has 2 aromatic rings. The van der Waals surface area contributed by atoms with Crippen molar-refractivity contribution in [3.63, 3.8) is 0 Å². The third kappa shape index (κ3) is 3.77. The first-order valence-electron chi connectivity index (χ1n) is 7.88. The van der Waals surface area contributed by atoms with Crippen molar-refractivity contribution in [3.05, 3.63) is 70.7 Å². The molecule has 3 rings (SSSR count). The second-order valence-electron chi connectivity index (χ2n) is 6.06. The normalized spacial score (nSPS) is 20.2. The van der Waals surface area contributed by atoms with Crippen LogP contribution in [-0.2, 0) is 16.0 Å². The number of rotatable bonds is 6. The van der Waals surface area contributed by atoms with Gasteiger partial charge < -0.3 is 10.4 Å². The van der Waals surface area contributed by atoms with E-state index in [2.05, 4.69) is 5.32 Å². The molecule has 3 atom stereocenters. The van der Waals surface area contributed by atoms with Gasteiger partial charge in [0, 0.05) is 17.4 Å². The lowest BCUT2D eigenvalue weighted by Gasteiger charge is -2.15. The van der Waals surface area contributed by atoms with Crippen molar-refractivity contribution in [1.29, 1.82) is 0 Å². The molecule has 1 fully saturated rings. The molecule has 1 amide bonds. The van der Waals surface area contributed by atoms with Crippen LogP contribution < -0.4 is 5.32 Å². The van der Waals surface area contributed by atoms with Crippen LogP contribution in [0.3, 0.4) is 0 Å². The summed E-state index contributed by atoms with van der Waals surface area (Å²) in [6, 6.07) is 15.8. The number of hydrogen-bond donors (Lipinski definition) is 2. The number of carbonyl (C=O) groups excluding carboxylic acids is 1. The molecule has 24 heavy (non-hydrogen) atoms. The van der Waals surface area contributed by atoms with Crippen LogP contribution in [0.4, 0.5) is 0 Å². The highest BCUT2D eigenvalue weighted by Gasteiger charge is 2.45. The van der Waals surface area contributed by atoms with Crippen LogP contribution in [0.1, 0.15) is 23.5 Å². The number of amides is 1. The van der Waals surface area contributed by atoms with E-state index in [9.17, 15) is 14.7 Å². The van der Waals surface area contributed by atoms with Gasteiger partial charge in [-0.25, -0.2) is 4.79 Å². The number of benzene rings is 2. The van der Waals surface area contributed by atoms with Crippen molar-refractivity contribution in [3.8, 4) is 0 Å². The fourth-order valence-corrected chi connectivity index (χ4v) is 3.21. The Morgan fingerprint density at radius 3 is 2.46 bits per heavy atom. The van der Waals surface area contributed by atoms with E-state index < -0.39 is 12.0 Å². The van der Waals surface area contributed by atoms with Crippen LogP contribution in [0.5, 0.6) is 0 Å². The van der Waals surface area contributed by atoms with Gasteiger partial charge >= 0.3 is 5.97 Å². The molecule has 0 heterocycles. The molecule has 4 nitrogen and oxygen atoms in total. The van der Waals surface area contributed by atoms with E-state index >= 15 is 0 Å². The summed E-state index contributed by atoms with van der Waals surface area (Å²) in [6.07, 6.45) is 0.971. The van der Waals surface area contributed by atoms with E-state index in [1.54, 1.807) is 6.07 Å². The Kier molecular flexibility index (Phi) is 4.86. The van der Waals surface area contributed by atoms with Gasteiger partial charge in [-0.1, -0.05) is 60.1 Å². The summed E-state index contributed by atoms with van der Waals surface area (Å²) in [5.74, 6) is -1.38. The molecule has 5 heteroatoms. The molecule has 0 aliphatic heterocycles. The average molecular weight is 344 g/mol. The van der Waals surface area contributed by atoms with Gasteiger partial charge in [-0.15, -0.1) is 0 Å². The highest BCUT2D eigenvalue weighted by Crippen LogP contribution is 2.49. The van der Waals surface area contributed by atoms with E-state index in [0.717, 1.165) is 11.1 Å². The maximum absolute atomic E-state index is 12.4. The molecule has 1 aliphatic carbocycles. The molecule has 0 saturated heterocycles. The Balaban J connectivity index is 1.63. The van der Waals surface area contributed by atoms with E-state index in [1.165, 1.54) is 0 Å². The third-order valence-electron chi connectivity index (χ3n) is 4.33. The lowest BCUT2D eigenvalue weighted by Crippen LogP contribution is -2.43. The van der Waals surface area contributed by atoms with Crippen LogP contribution in [-0.4, -0.2) is 23.0 Å². The van der Waals surface area contributed by atoms with Crippen LogP contribution in [0.25, 0.3) is 0 Å². The molecule has 2 N–H and O–H groups in total.